The molecule has 17 heavy (non-hydrogen) atoms. The van der Waals surface area contributed by atoms with Crippen LogP contribution in [0.2, 0.25) is 0 Å². The summed E-state index contributed by atoms with van der Waals surface area (Å²) in [7, 11) is 0. The van der Waals surface area contributed by atoms with E-state index in [0.717, 1.165) is 50.2 Å². The van der Waals surface area contributed by atoms with E-state index in [1.807, 2.05) is 0 Å². The van der Waals surface area contributed by atoms with Gasteiger partial charge in [-0.25, -0.2) is 4.98 Å². The Morgan fingerprint density at radius 3 is 2.47 bits per heavy atom. The number of hydrogen-bond acceptors (Lipinski definition) is 5. The van der Waals surface area contributed by atoms with Gasteiger partial charge in [-0.1, -0.05) is 13.8 Å². The van der Waals surface area contributed by atoms with Crippen LogP contribution in [0.25, 0.3) is 0 Å². The summed E-state index contributed by atoms with van der Waals surface area (Å²) in [5.74, 6) is 0.686. The monoisotopic (exact) mass is 235 g/mol. The van der Waals surface area contributed by atoms with E-state index >= 15 is 0 Å². The number of nitrogens with zero attached hydrogens (tertiary/aromatic N) is 3. The van der Waals surface area contributed by atoms with Crippen LogP contribution in [0.5, 0.6) is 0 Å². The molecule has 5 nitrogen and oxygen atoms in total. The molecule has 0 atom stereocenters. The molecule has 0 amide bonds. The van der Waals surface area contributed by atoms with Crippen molar-refractivity contribution in [3.8, 4) is 0 Å². The minimum Gasteiger partial charge on any atom is -0.350 e. The molecule has 1 fully saturated rings. The van der Waals surface area contributed by atoms with E-state index in [1.165, 1.54) is 0 Å². The lowest BCUT2D eigenvalue weighted by Crippen LogP contribution is -2.35. The van der Waals surface area contributed by atoms with Crippen molar-refractivity contribution in [1.29, 1.82) is 0 Å². The van der Waals surface area contributed by atoms with Crippen LogP contribution >= 0.6 is 0 Å². The number of hydrogen-bond donors (Lipinski definition) is 2. The normalized spacial score (nSPS) is 17.1. The highest BCUT2D eigenvalue weighted by atomic mass is 15.2. The molecule has 0 aliphatic carbocycles. The van der Waals surface area contributed by atoms with E-state index in [2.05, 4.69) is 39.7 Å². The molecule has 1 aliphatic heterocycles. The fourth-order valence-corrected chi connectivity index (χ4v) is 2.15. The predicted molar refractivity (Wildman–Crippen MR) is 68.1 cm³/mol. The standard InChI is InChI=1S/C12H21N5/c1-3-10-11(4-2)16-17-12(15-10)14-9-5-7-13-8-6-9/h9,13H,3-8H2,1-2H3,(H,14,15,17). The lowest BCUT2D eigenvalue weighted by Gasteiger charge is -2.23. The lowest BCUT2D eigenvalue weighted by atomic mass is 10.1. The average Bonchev–Trinajstić information content (AvgIpc) is 2.40. The smallest absolute Gasteiger partial charge is 0.243 e. The third-order valence-corrected chi connectivity index (χ3v) is 3.18. The van der Waals surface area contributed by atoms with Crippen LogP contribution in [0, 0.1) is 0 Å². The summed E-state index contributed by atoms with van der Waals surface area (Å²) >= 11 is 0. The minimum absolute atomic E-state index is 0.482. The zero-order valence-corrected chi connectivity index (χ0v) is 10.7. The first-order valence-electron chi connectivity index (χ1n) is 6.53. The first-order chi connectivity index (χ1) is 8.33. The van der Waals surface area contributed by atoms with Crippen molar-refractivity contribution in [2.75, 3.05) is 18.4 Å². The van der Waals surface area contributed by atoms with E-state index in [-0.39, 0.29) is 0 Å². The van der Waals surface area contributed by atoms with Crippen LogP contribution in [0.4, 0.5) is 5.95 Å². The molecular formula is C12H21N5. The van der Waals surface area contributed by atoms with Crippen molar-refractivity contribution in [3.63, 3.8) is 0 Å². The third-order valence-electron chi connectivity index (χ3n) is 3.18. The van der Waals surface area contributed by atoms with Crippen molar-refractivity contribution in [1.82, 2.24) is 20.5 Å². The summed E-state index contributed by atoms with van der Waals surface area (Å²) in [4.78, 5) is 4.55. The Balaban J connectivity index is 2.05. The highest BCUT2D eigenvalue weighted by Crippen LogP contribution is 2.11. The van der Waals surface area contributed by atoms with E-state index in [0.29, 0.717) is 12.0 Å². The van der Waals surface area contributed by atoms with Crippen molar-refractivity contribution >= 4 is 5.95 Å². The molecule has 0 spiro atoms. The molecule has 2 N–H and O–H groups in total. The molecule has 0 unspecified atom stereocenters. The molecular weight excluding hydrogens is 214 g/mol. The summed E-state index contributed by atoms with van der Waals surface area (Å²) < 4.78 is 0. The lowest BCUT2D eigenvalue weighted by molar-refractivity contribution is 0.476. The number of aromatic nitrogens is 3. The van der Waals surface area contributed by atoms with Crippen LogP contribution in [-0.4, -0.2) is 34.3 Å². The van der Waals surface area contributed by atoms with Gasteiger partial charge >= 0.3 is 0 Å². The van der Waals surface area contributed by atoms with Gasteiger partial charge in [0.15, 0.2) is 0 Å². The van der Waals surface area contributed by atoms with Crippen LogP contribution in [0.15, 0.2) is 0 Å². The van der Waals surface area contributed by atoms with Gasteiger partial charge in [0.05, 0.1) is 11.4 Å². The summed E-state index contributed by atoms with van der Waals surface area (Å²) in [6.45, 7) is 6.33. The maximum Gasteiger partial charge on any atom is 0.243 e. The predicted octanol–water partition coefficient (Wildman–Crippen LogP) is 1.16. The molecule has 94 valence electrons. The molecule has 2 heterocycles. The molecule has 1 aliphatic rings. The summed E-state index contributed by atoms with van der Waals surface area (Å²) in [5, 5.41) is 15.1. The van der Waals surface area contributed by atoms with Gasteiger partial charge in [0.2, 0.25) is 5.95 Å². The maximum atomic E-state index is 4.55. The Morgan fingerprint density at radius 1 is 1.12 bits per heavy atom. The number of aryl methyl sites for hydroxylation is 2. The number of piperidine rings is 1. The second-order valence-electron chi connectivity index (χ2n) is 4.40. The summed E-state index contributed by atoms with van der Waals surface area (Å²) in [5.41, 5.74) is 2.09. The van der Waals surface area contributed by atoms with Gasteiger partial charge in [-0.05, 0) is 38.8 Å². The van der Waals surface area contributed by atoms with Gasteiger partial charge in [0.1, 0.15) is 0 Å². The van der Waals surface area contributed by atoms with Crippen molar-refractivity contribution < 1.29 is 0 Å². The molecule has 5 heteroatoms. The molecule has 0 radical (unpaired) electrons. The molecule has 1 aromatic rings. The third kappa shape index (κ3) is 3.12. The van der Waals surface area contributed by atoms with Crippen LogP contribution in [-0.2, 0) is 12.8 Å². The largest absolute Gasteiger partial charge is 0.350 e. The molecule has 2 rings (SSSR count). The quantitative estimate of drug-likeness (QED) is 0.820. The molecule has 0 saturated carbocycles. The highest BCUT2D eigenvalue weighted by Gasteiger charge is 2.14. The van der Waals surface area contributed by atoms with Crippen LogP contribution in [0.3, 0.4) is 0 Å². The Hall–Kier alpha value is -1.23. The van der Waals surface area contributed by atoms with Crippen LogP contribution < -0.4 is 10.6 Å². The first kappa shape index (κ1) is 12.2. The second-order valence-corrected chi connectivity index (χ2v) is 4.40. The number of rotatable bonds is 4. The van der Waals surface area contributed by atoms with Gasteiger partial charge in [0.25, 0.3) is 0 Å². The summed E-state index contributed by atoms with van der Waals surface area (Å²) in [6.07, 6.45) is 4.07. The van der Waals surface area contributed by atoms with Gasteiger partial charge in [-0.3, -0.25) is 0 Å². The number of anilines is 1. The highest BCUT2D eigenvalue weighted by molar-refractivity contribution is 5.27. The Labute approximate surface area is 102 Å². The van der Waals surface area contributed by atoms with E-state index < -0.39 is 0 Å². The Kier molecular flexibility index (Phi) is 4.25. The zero-order valence-electron chi connectivity index (χ0n) is 10.7. The van der Waals surface area contributed by atoms with Gasteiger partial charge in [-0.15, -0.1) is 5.10 Å². The fraction of sp³-hybridized carbons (Fsp3) is 0.750. The van der Waals surface area contributed by atoms with Crippen molar-refractivity contribution in [3.05, 3.63) is 11.4 Å². The molecule has 1 aromatic heterocycles. The maximum absolute atomic E-state index is 4.55. The fourth-order valence-electron chi connectivity index (χ4n) is 2.15. The second kappa shape index (κ2) is 5.91. The zero-order chi connectivity index (χ0) is 12.1. The Morgan fingerprint density at radius 2 is 1.82 bits per heavy atom. The minimum atomic E-state index is 0.482. The van der Waals surface area contributed by atoms with Crippen LogP contribution in [0.1, 0.15) is 38.1 Å². The van der Waals surface area contributed by atoms with Crippen molar-refractivity contribution in [2.24, 2.45) is 0 Å². The van der Waals surface area contributed by atoms with Gasteiger partial charge in [0, 0.05) is 6.04 Å². The topological polar surface area (TPSA) is 62.7 Å². The Bertz CT molecular complexity index is 360. The molecule has 0 bridgehead atoms. The van der Waals surface area contributed by atoms with Gasteiger partial charge in [-0.2, -0.15) is 5.10 Å². The van der Waals surface area contributed by atoms with E-state index in [4.69, 9.17) is 0 Å². The van der Waals surface area contributed by atoms with E-state index in [9.17, 15) is 0 Å². The van der Waals surface area contributed by atoms with Crippen molar-refractivity contribution in [2.45, 2.75) is 45.6 Å². The van der Waals surface area contributed by atoms with Gasteiger partial charge < -0.3 is 10.6 Å². The summed E-state index contributed by atoms with van der Waals surface area (Å²) in [6, 6.07) is 0.482. The number of nitrogens with one attached hydrogen (secondary N) is 2. The molecule has 1 saturated heterocycles. The average molecular weight is 235 g/mol. The molecule has 0 aromatic carbocycles. The van der Waals surface area contributed by atoms with E-state index in [1.54, 1.807) is 0 Å². The SMILES string of the molecule is CCc1nnc(NC2CCNCC2)nc1CC. The first-order valence-corrected chi connectivity index (χ1v) is 6.53.